The number of carbonyl (C=O) groups excluding carboxylic acids is 1. The van der Waals surface area contributed by atoms with Crippen molar-refractivity contribution in [3.63, 3.8) is 0 Å². The first-order chi connectivity index (χ1) is 7.31. The highest BCUT2D eigenvalue weighted by atomic mass is 16.5. The molecule has 2 rings (SSSR count). The summed E-state index contributed by atoms with van der Waals surface area (Å²) in [5.74, 6) is 2.32. The molecule has 2 bridgehead atoms. The summed E-state index contributed by atoms with van der Waals surface area (Å²) in [6.45, 7) is 2.42. The summed E-state index contributed by atoms with van der Waals surface area (Å²) >= 11 is 0. The molecule has 0 spiro atoms. The first-order valence-corrected chi connectivity index (χ1v) is 6.47. The predicted octanol–water partition coefficient (Wildman–Crippen LogP) is 3.16. The average Bonchev–Trinajstić information content (AvgIpc) is 2.17. The van der Waals surface area contributed by atoms with E-state index in [-0.39, 0.29) is 5.97 Å². The van der Waals surface area contributed by atoms with Crippen molar-refractivity contribution in [1.29, 1.82) is 0 Å². The van der Waals surface area contributed by atoms with Crippen LogP contribution in [0, 0.1) is 17.8 Å². The second-order valence-electron chi connectivity index (χ2n) is 5.05. The molecule has 0 aliphatic heterocycles. The summed E-state index contributed by atoms with van der Waals surface area (Å²) < 4.78 is 5.07. The van der Waals surface area contributed by atoms with Gasteiger partial charge in [0.1, 0.15) is 0 Å². The molecular weight excluding hydrogens is 188 g/mol. The minimum atomic E-state index is 0.0290. The van der Waals surface area contributed by atoms with Crippen molar-refractivity contribution < 1.29 is 9.53 Å². The van der Waals surface area contributed by atoms with Crippen LogP contribution < -0.4 is 0 Å². The van der Waals surface area contributed by atoms with Gasteiger partial charge < -0.3 is 4.74 Å². The summed E-state index contributed by atoms with van der Waals surface area (Å²) in [6.07, 6.45) is 8.84. The van der Waals surface area contributed by atoms with Crippen LogP contribution in [-0.2, 0) is 9.53 Å². The minimum absolute atomic E-state index is 0.0290. The SMILES string of the molecule is CCOC(=O)CC1C2CCCC1CCC2. The van der Waals surface area contributed by atoms with Crippen molar-refractivity contribution in [3.8, 4) is 0 Å². The van der Waals surface area contributed by atoms with Crippen molar-refractivity contribution in [2.24, 2.45) is 17.8 Å². The summed E-state index contributed by atoms with van der Waals surface area (Å²) in [5.41, 5.74) is 0. The van der Waals surface area contributed by atoms with Crippen molar-refractivity contribution >= 4 is 5.97 Å². The largest absolute Gasteiger partial charge is 0.466 e. The molecule has 2 nitrogen and oxygen atoms in total. The Bertz CT molecular complexity index is 203. The molecule has 0 aromatic heterocycles. The zero-order chi connectivity index (χ0) is 10.7. The van der Waals surface area contributed by atoms with Crippen LogP contribution in [-0.4, -0.2) is 12.6 Å². The van der Waals surface area contributed by atoms with Gasteiger partial charge in [0.05, 0.1) is 6.61 Å². The van der Waals surface area contributed by atoms with E-state index in [2.05, 4.69) is 0 Å². The van der Waals surface area contributed by atoms with Gasteiger partial charge in [0.25, 0.3) is 0 Å². The van der Waals surface area contributed by atoms with Gasteiger partial charge in [-0.3, -0.25) is 4.79 Å². The van der Waals surface area contributed by atoms with Gasteiger partial charge in [-0.1, -0.05) is 38.5 Å². The molecule has 86 valence electrons. The fourth-order valence-corrected chi connectivity index (χ4v) is 3.56. The van der Waals surface area contributed by atoms with Crippen molar-refractivity contribution in [3.05, 3.63) is 0 Å². The Morgan fingerprint density at radius 2 is 1.67 bits per heavy atom. The molecule has 0 aromatic carbocycles. The molecule has 0 atom stereocenters. The fraction of sp³-hybridized carbons (Fsp3) is 0.923. The van der Waals surface area contributed by atoms with Crippen LogP contribution in [0.5, 0.6) is 0 Å². The topological polar surface area (TPSA) is 26.3 Å². The molecule has 0 radical (unpaired) electrons. The van der Waals surface area contributed by atoms with Gasteiger partial charge in [-0.25, -0.2) is 0 Å². The van der Waals surface area contributed by atoms with E-state index in [1.807, 2.05) is 6.92 Å². The van der Waals surface area contributed by atoms with E-state index in [4.69, 9.17) is 4.74 Å². The molecule has 2 aliphatic rings. The maximum Gasteiger partial charge on any atom is 0.306 e. The third-order valence-corrected chi connectivity index (χ3v) is 4.22. The molecule has 0 heterocycles. The maximum atomic E-state index is 11.5. The highest BCUT2D eigenvalue weighted by Crippen LogP contribution is 2.46. The highest BCUT2D eigenvalue weighted by Gasteiger charge is 2.37. The number of carbonyl (C=O) groups is 1. The van der Waals surface area contributed by atoms with E-state index >= 15 is 0 Å². The molecule has 0 unspecified atom stereocenters. The van der Waals surface area contributed by atoms with Crippen LogP contribution in [0.15, 0.2) is 0 Å². The lowest BCUT2D eigenvalue weighted by Gasteiger charge is -2.42. The molecule has 2 fully saturated rings. The van der Waals surface area contributed by atoms with Gasteiger partial charge in [-0.05, 0) is 24.7 Å². The minimum Gasteiger partial charge on any atom is -0.466 e. The van der Waals surface area contributed by atoms with E-state index in [0.29, 0.717) is 18.9 Å². The van der Waals surface area contributed by atoms with Gasteiger partial charge >= 0.3 is 5.97 Å². The van der Waals surface area contributed by atoms with Crippen molar-refractivity contribution in [1.82, 2.24) is 0 Å². The van der Waals surface area contributed by atoms with Gasteiger partial charge in [-0.2, -0.15) is 0 Å². The highest BCUT2D eigenvalue weighted by molar-refractivity contribution is 5.69. The Morgan fingerprint density at radius 3 is 2.13 bits per heavy atom. The summed E-state index contributed by atoms with van der Waals surface area (Å²) in [7, 11) is 0. The zero-order valence-corrected chi connectivity index (χ0v) is 9.71. The monoisotopic (exact) mass is 210 g/mol. The Labute approximate surface area is 92.4 Å². The first kappa shape index (κ1) is 11.0. The second-order valence-corrected chi connectivity index (χ2v) is 5.05. The van der Waals surface area contributed by atoms with E-state index in [0.717, 1.165) is 11.8 Å². The standard InChI is InChI=1S/C13H22O2/c1-2-15-13(14)9-12-10-5-3-6-11(12)8-4-7-10/h10-12H,2-9H2,1H3. The van der Waals surface area contributed by atoms with Crippen LogP contribution in [0.1, 0.15) is 51.9 Å². The number of fused-ring (bicyclic) bond motifs is 2. The molecule has 0 aromatic rings. The Hall–Kier alpha value is -0.530. The lowest BCUT2D eigenvalue weighted by atomic mass is 9.63. The predicted molar refractivity (Wildman–Crippen MR) is 59.4 cm³/mol. The molecule has 2 aliphatic carbocycles. The van der Waals surface area contributed by atoms with Gasteiger partial charge in [0.2, 0.25) is 0 Å². The lowest BCUT2D eigenvalue weighted by Crippen LogP contribution is -2.34. The van der Waals surface area contributed by atoms with E-state index < -0.39 is 0 Å². The van der Waals surface area contributed by atoms with E-state index in [1.165, 1.54) is 38.5 Å². The second kappa shape index (κ2) is 5.00. The van der Waals surface area contributed by atoms with Crippen molar-refractivity contribution in [2.75, 3.05) is 6.61 Å². The average molecular weight is 210 g/mol. The third kappa shape index (κ3) is 2.53. The summed E-state index contributed by atoms with van der Waals surface area (Å²) in [4.78, 5) is 11.5. The first-order valence-electron chi connectivity index (χ1n) is 6.47. The Balaban J connectivity index is 1.92. The molecule has 15 heavy (non-hydrogen) atoms. The maximum absolute atomic E-state index is 11.5. The number of hydrogen-bond acceptors (Lipinski definition) is 2. The van der Waals surface area contributed by atoms with Gasteiger partial charge in [0, 0.05) is 6.42 Å². The fourth-order valence-electron chi connectivity index (χ4n) is 3.56. The molecule has 0 N–H and O–H groups in total. The third-order valence-electron chi connectivity index (χ3n) is 4.22. The smallest absolute Gasteiger partial charge is 0.306 e. The van der Waals surface area contributed by atoms with Gasteiger partial charge in [-0.15, -0.1) is 0 Å². The zero-order valence-electron chi connectivity index (χ0n) is 9.71. The van der Waals surface area contributed by atoms with Gasteiger partial charge in [0.15, 0.2) is 0 Å². The van der Waals surface area contributed by atoms with Crippen molar-refractivity contribution in [2.45, 2.75) is 51.9 Å². The number of esters is 1. The molecular formula is C13H22O2. The Kier molecular flexibility index (Phi) is 3.66. The number of hydrogen-bond donors (Lipinski definition) is 0. The summed E-state index contributed by atoms with van der Waals surface area (Å²) in [5, 5.41) is 0. The molecule has 0 saturated heterocycles. The van der Waals surface area contributed by atoms with E-state index in [1.54, 1.807) is 0 Å². The number of rotatable bonds is 3. The molecule has 2 heteroatoms. The normalized spacial score (nSPS) is 34.9. The van der Waals surface area contributed by atoms with Crippen LogP contribution in [0.2, 0.25) is 0 Å². The van der Waals surface area contributed by atoms with Crippen LogP contribution in [0.25, 0.3) is 0 Å². The van der Waals surface area contributed by atoms with E-state index in [9.17, 15) is 4.79 Å². The Morgan fingerprint density at radius 1 is 1.13 bits per heavy atom. The molecule has 2 saturated carbocycles. The quantitative estimate of drug-likeness (QED) is 0.669. The van der Waals surface area contributed by atoms with Crippen LogP contribution in [0.4, 0.5) is 0 Å². The van der Waals surface area contributed by atoms with Crippen LogP contribution >= 0.6 is 0 Å². The molecule has 0 amide bonds. The summed E-state index contributed by atoms with van der Waals surface area (Å²) in [6, 6.07) is 0. The number of ether oxygens (including phenoxy) is 1. The lowest BCUT2D eigenvalue weighted by molar-refractivity contribution is -0.146. The van der Waals surface area contributed by atoms with Crippen LogP contribution in [0.3, 0.4) is 0 Å².